The minimum Gasteiger partial charge on any atom is -0.450 e. The van der Waals surface area contributed by atoms with E-state index in [1.165, 1.54) is 15.8 Å². The van der Waals surface area contributed by atoms with E-state index in [2.05, 4.69) is 17.7 Å². The number of thiophene rings is 1. The lowest BCUT2D eigenvalue weighted by Gasteiger charge is -2.27. The van der Waals surface area contributed by atoms with Gasteiger partial charge in [0.2, 0.25) is 5.75 Å². The summed E-state index contributed by atoms with van der Waals surface area (Å²) in [5, 5.41) is 29.6. The van der Waals surface area contributed by atoms with Gasteiger partial charge in [-0.25, -0.2) is 0 Å². The van der Waals surface area contributed by atoms with Crippen LogP contribution in [0.15, 0.2) is 42.5 Å². The van der Waals surface area contributed by atoms with Crippen molar-refractivity contribution >= 4 is 33.6 Å². The molecule has 12 heteroatoms. The number of hydrogen-bond acceptors (Lipinski definition) is 8. The Kier molecular flexibility index (Phi) is 5.38. The van der Waals surface area contributed by atoms with E-state index in [1.54, 1.807) is 29.5 Å². The maximum atomic E-state index is 13.0. The van der Waals surface area contributed by atoms with Crippen molar-refractivity contribution in [2.75, 3.05) is 18.9 Å². The van der Waals surface area contributed by atoms with Gasteiger partial charge in [-0.2, -0.15) is 0 Å². The van der Waals surface area contributed by atoms with Crippen molar-refractivity contribution in [1.29, 1.82) is 0 Å². The molecular weight excluding hydrogens is 462 g/mol. The highest BCUT2D eigenvalue weighted by atomic mass is 32.1. The van der Waals surface area contributed by atoms with Crippen molar-refractivity contribution in [3.05, 3.63) is 84.3 Å². The third-order valence-electron chi connectivity index (χ3n) is 5.90. The number of likely N-dealkylation sites (N-methyl/N-ethyl adjacent to an activating group) is 1. The molecule has 0 radical (unpaired) electrons. The molecule has 3 N–H and O–H groups in total. The minimum absolute atomic E-state index is 0.117. The number of hydrogen-bond donors (Lipinski definition) is 3. The Balaban J connectivity index is 1.41. The smallest absolute Gasteiger partial charge is 0.318 e. The molecule has 0 saturated carbocycles. The number of nitrogens with one attached hydrogen (secondary N) is 3. The normalized spacial score (nSPS) is 18.8. The highest BCUT2D eigenvalue weighted by Gasteiger charge is 2.34. The number of non-ortho nitro benzene ring substituents is 1. The van der Waals surface area contributed by atoms with Gasteiger partial charge in [-0.15, -0.1) is 11.3 Å². The molecule has 0 spiro atoms. The predicted octanol–water partition coefficient (Wildman–Crippen LogP) is 2.78. The molecule has 1 amide bonds. The van der Waals surface area contributed by atoms with Crippen molar-refractivity contribution in [2.24, 2.45) is 0 Å². The number of benzene rings is 2. The molecule has 2 aromatic carbocycles. The van der Waals surface area contributed by atoms with Gasteiger partial charge < -0.3 is 20.3 Å². The van der Waals surface area contributed by atoms with Crippen LogP contribution in [0.4, 0.5) is 16.4 Å². The number of carbonyl (C=O) groups is 1. The van der Waals surface area contributed by atoms with Crippen LogP contribution in [0.5, 0.6) is 11.5 Å². The number of nitro groups is 2. The van der Waals surface area contributed by atoms with Crippen molar-refractivity contribution in [3.8, 4) is 11.5 Å². The first kappa shape index (κ1) is 21.8. The van der Waals surface area contributed by atoms with E-state index in [9.17, 15) is 25.0 Å². The molecule has 1 aromatic heterocycles. The molecule has 2 aliphatic rings. The fourth-order valence-corrected chi connectivity index (χ4v) is 5.62. The number of quaternary nitrogens is 1. The second-order valence-corrected chi connectivity index (χ2v) is 9.34. The molecule has 3 aromatic rings. The van der Waals surface area contributed by atoms with E-state index in [0.29, 0.717) is 11.3 Å². The van der Waals surface area contributed by atoms with Gasteiger partial charge in [0.1, 0.15) is 23.5 Å². The number of rotatable bonds is 5. The van der Waals surface area contributed by atoms with Crippen LogP contribution in [0.3, 0.4) is 0 Å². The molecule has 0 saturated heterocycles. The fourth-order valence-electron chi connectivity index (χ4n) is 4.23. The molecule has 5 rings (SSSR count). The van der Waals surface area contributed by atoms with E-state index in [0.717, 1.165) is 47.8 Å². The van der Waals surface area contributed by atoms with Crippen LogP contribution in [0.25, 0.3) is 0 Å². The van der Waals surface area contributed by atoms with Gasteiger partial charge in [-0.3, -0.25) is 25.0 Å². The number of anilines is 1. The summed E-state index contributed by atoms with van der Waals surface area (Å²) < 4.78 is 5.71. The Morgan fingerprint density at radius 2 is 1.94 bits per heavy atom. The van der Waals surface area contributed by atoms with Crippen LogP contribution in [-0.2, 0) is 13.0 Å². The topological polar surface area (TPSA) is 141 Å². The van der Waals surface area contributed by atoms with Crippen LogP contribution in [-0.4, -0.2) is 29.3 Å². The van der Waals surface area contributed by atoms with E-state index in [1.807, 2.05) is 6.07 Å². The summed E-state index contributed by atoms with van der Waals surface area (Å²) in [5.41, 5.74) is 1.64. The maximum absolute atomic E-state index is 13.0. The maximum Gasteiger partial charge on any atom is 0.318 e. The van der Waals surface area contributed by atoms with Crippen molar-refractivity contribution in [1.82, 2.24) is 5.32 Å². The molecule has 0 bridgehead atoms. The molecule has 2 atom stereocenters. The molecule has 1 unspecified atom stereocenters. The molecule has 174 valence electrons. The van der Waals surface area contributed by atoms with E-state index >= 15 is 0 Å². The first-order valence-corrected chi connectivity index (χ1v) is 11.4. The van der Waals surface area contributed by atoms with Gasteiger partial charge >= 0.3 is 5.69 Å². The van der Waals surface area contributed by atoms with Crippen molar-refractivity contribution in [2.45, 2.75) is 19.1 Å². The summed E-state index contributed by atoms with van der Waals surface area (Å²) in [6, 6.07) is 10.0. The summed E-state index contributed by atoms with van der Waals surface area (Å²) in [4.78, 5) is 36.5. The van der Waals surface area contributed by atoms with Crippen LogP contribution >= 0.6 is 11.3 Å². The van der Waals surface area contributed by atoms with Crippen LogP contribution in [0.2, 0.25) is 0 Å². The van der Waals surface area contributed by atoms with E-state index in [-0.39, 0.29) is 11.7 Å². The first-order chi connectivity index (χ1) is 16.3. The average Bonchev–Trinajstić information content (AvgIpc) is 3.17. The third kappa shape index (κ3) is 3.93. The third-order valence-corrected chi connectivity index (χ3v) is 7.07. The second-order valence-electron chi connectivity index (χ2n) is 8.23. The number of ether oxygens (including phenoxy) is 1. The zero-order valence-corrected chi connectivity index (χ0v) is 18.8. The van der Waals surface area contributed by atoms with Gasteiger partial charge in [0, 0.05) is 12.5 Å². The summed E-state index contributed by atoms with van der Waals surface area (Å²) in [7, 11) is 2.14. The lowest BCUT2D eigenvalue weighted by atomic mass is 10.0. The van der Waals surface area contributed by atoms with Crippen molar-refractivity contribution < 1.29 is 24.3 Å². The minimum atomic E-state index is -0.728. The number of nitro benzene ring substituents is 2. The second kappa shape index (κ2) is 8.39. The largest absolute Gasteiger partial charge is 0.450 e. The van der Waals surface area contributed by atoms with Gasteiger partial charge in [0.25, 0.3) is 11.6 Å². The van der Waals surface area contributed by atoms with Crippen molar-refractivity contribution in [3.63, 3.8) is 0 Å². The summed E-state index contributed by atoms with van der Waals surface area (Å²) in [6.45, 7) is 1.88. The zero-order chi connectivity index (χ0) is 24.0. The Morgan fingerprint density at radius 3 is 2.71 bits per heavy atom. The molecule has 34 heavy (non-hydrogen) atoms. The number of nitrogens with zero attached hydrogens (tertiary/aromatic N) is 2. The molecule has 3 heterocycles. The van der Waals surface area contributed by atoms with E-state index < -0.39 is 27.4 Å². The standard InChI is InChI=1S/C22H19N5O6S/c1-25-8-7-15-18(11-25)34-22-19(15)21(28)23-20(24-22)12-3-2-4-14(9-12)33-17-6-5-13(26(29)30)10-16(17)27(31)32/h2-6,9-10,20,24H,7-8,11H2,1H3,(H,23,28)/p+1/t20-/m1/s1. The fraction of sp³-hybridized carbons (Fsp3) is 0.227. The Bertz CT molecular complexity index is 1340. The summed E-state index contributed by atoms with van der Waals surface area (Å²) in [6.07, 6.45) is 0.366. The number of carbonyl (C=O) groups excluding carboxylic acids is 1. The SMILES string of the molecule is C[NH+]1CCc2c(sc3c2C(=O)N[C@@H](c2cccc(Oc4ccc([N+](=O)[O-])cc4[N+](=O)[O-])c2)N3)C1. The zero-order valence-electron chi connectivity index (χ0n) is 18.0. The summed E-state index contributed by atoms with van der Waals surface area (Å²) >= 11 is 1.61. The molecular formula is C22H20N5O6S+. The molecule has 11 nitrogen and oxygen atoms in total. The van der Waals surface area contributed by atoms with Gasteiger partial charge in [-0.05, 0) is 29.3 Å². The number of fused-ring (bicyclic) bond motifs is 3. The summed E-state index contributed by atoms with van der Waals surface area (Å²) in [5.74, 6) is 0.0494. The lowest BCUT2D eigenvalue weighted by molar-refractivity contribution is -0.895. The van der Waals surface area contributed by atoms with Crippen LogP contribution in [0, 0.1) is 20.2 Å². The first-order valence-electron chi connectivity index (χ1n) is 10.5. The Labute approximate surface area is 197 Å². The number of amides is 1. The lowest BCUT2D eigenvalue weighted by Crippen LogP contribution is -3.08. The molecule has 0 fully saturated rings. The molecule has 2 aliphatic heterocycles. The van der Waals surface area contributed by atoms with Crippen LogP contribution < -0.4 is 20.3 Å². The Hall–Kier alpha value is -4.03. The molecule has 0 aliphatic carbocycles. The van der Waals surface area contributed by atoms with Crippen LogP contribution in [0.1, 0.15) is 32.5 Å². The van der Waals surface area contributed by atoms with E-state index in [4.69, 9.17) is 4.74 Å². The van der Waals surface area contributed by atoms with Gasteiger partial charge in [0.15, 0.2) is 0 Å². The quantitative estimate of drug-likeness (QED) is 0.375. The monoisotopic (exact) mass is 482 g/mol. The van der Waals surface area contributed by atoms with Gasteiger partial charge in [0.05, 0.1) is 39.9 Å². The average molecular weight is 482 g/mol. The predicted molar refractivity (Wildman–Crippen MR) is 124 cm³/mol. The highest BCUT2D eigenvalue weighted by molar-refractivity contribution is 7.16. The Morgan fingerprint density at radius 1 is 1.12 bits per heavy atom. The highest BCUT2D eigenvalue weighted by Crippen LogP contribution is 2.40. The van der Waals surface area contributed by atoms with Gasteiger partial charge in [-0.1, -0.05) is 12.1 Å².